The number of carbonyl (C=O) groups is 2. The fraction of sp³-hybridized carbons (Fsp3) is 0.333. The standard InChI is InChI=1S/C12H15FN2O3/c1-12(2,11(17)18)6-15-10(16)8-4-3-7(14)5-9(8)13/h3-5H,6,14H2,1-2H3,(H,15,16)(H,17,18). The van der Waals surface area contributed by atoms with Gasteiger partial charge in [0.1, 0.15) is 5.82 Å². The molecule has 0 atom stereocenters. The van der Waals surface area contributed by atoms with Crippen LogP contribution in [0, 0.1) is 11.2 Å². The molecule has 1 aromatic carbocycles. The van der Waals surface area contributed by atoms with Crippen LogP contribution in [-0.2, 0) is 4.79 Å². The Kier molecular flexibility index (Phi) is 3.90. The summed E-state index contributed by atoms with van der Waals surface area (Å²) in [5, 5.41) is 11.3. The van der Waals surface area contributed by atoms with Crippen LogP contribution in [0.4, 0.5) is 10.1 Å². The predicted molar refractivity (Wildman–Crippen MR) is 64.6 cm³/mol. The van der Waals surface area contributed by atoms with Gasteiger partial charge in [-0.1, -0.05) is 0 Å². The highest BCUT2D eigenvalue weighted by molar-refractivity contribution is 5.95. The van der Waals surface area contributed by atoms with E-state index in [0.717, 1.165) is 6.07 Å². The second-order valence-corrected chi connectivity index (χ2v) is 4.61. The Balaban J connectivity index is 2.75. The number of benzene rings is 1. The molecule has 98 valence electrons. The molecule has 0 aliphatic rings. The second-order valence-electron chi connectivity index (χ2n) is 4.61. The molecular formula is C12H15FN2O3. The summed E-state index contributed by atoms with van der Waals surface area (Å²) in [6.45, 7) is 2.84. The third-order valence-electron chi connectivity index (χ3n) is 2.51. The van der Waals surface area contributed by atoms with Gasteiger partial charge in [0, 0.05) is 12.2 Å². The summed E-state index contributed by atoms with van der Waals surface area (Å²) in [4.78, 5) is 22.5. The highest BCUT2D eigenvalue weighted by Gasteiger charge is 2.28. The fourth-order valence-electron chi connectivity index (χ4n) is 1.19. The van der Waals surface area contributed by atoms with E-state index >= 15 is 0 Å². The lowest BCUT2D eigenvalue weighted by Crippen LogP contribution is -2.39. The lowest BCUT2D eigenvalue weighted by Gasteiger charge is -2.19. The van der Waals surface area contributed by atoms with E-state index in [-0.39, 0.29) is 17.8 Å². The molecule has 0 radical (unpaired) electrons. The molecule has 0 saturated heterocycles. The van der Waals surface area contributed by atoms with E-state index in [9.17, 15) is 14.0 Å². The third kappa shape index (κ3) is 3.19. The Labute approximate surface area is 104 Å². The van der Waals surface area contributed by atoms with E-state index in [1.807, 2.05) is 0 Å². The van der Waals surface area contributed by atoms with Crippen molar-refractivity contribution in [2.75, 3.05) is 12.3 Å². The van der Waals surface area contributed by atoms with Gasteiger partial charge in [0.25, 0.3) is 5.91 Å². The number of carboxylic acids is 1. The number of carbonyl (C=O) groups excluding carboxylic acids is 1. The molecule has 4 N–H and O–H groups in total. The van der Waals surface area contributed by atoms with Gasteiger partial charge >= 0.3 is 5.97 Å². The topological polar surface area (TPSA) is 92.4 Å². The van der Waals surface area contributed by atoms with Crippen molar-refractivity contribution >= 4 is 17.6 Å². The molecule has 1 rings (SSSR count). The smallest absolute Gasteiger partial charge is 0.310 e. The molecule has 1 amide bonds. The Morgan fingerprint density at radius 2 is 2.06 bits per heavy atom. The number of hydrogen-bond acceptors (Lipinski definition) is 3. The highest BCUT2D eigenvalue weighted by atomic mass is 19.1. The number of amides is 1. The number of hydrogen-bond donors (Lipinski definition) is 3. The lowest BCUT2D eigenvalue weighted by atomic mass is 9.94. The van der Waals surface area contributed by atoms with Crippen LogP contribution in [0.5, 0.6) is 0 Å². The number of halogens is 1. The van der Waals surface area contributed by atoms with Crippen molar-refractivity contribution in [2.24, 2.45) is 5.41 Å². The van der Waals surface area contributed by atoms with Crippen LogP contribution in [-0.4, -0.2) is 23.5 Å². The van der Waals surface area contributed by atoms with Gasteiger partial charge in [-0.25, -0.2) is 4.39 Å². The first kappa shape index (κ1) is 14.0. The number of nitrogen functional groups attached to an aromatic ring is 1. The SMILES string of the molecule is CC(C)(CNC(=O)c1ccc(N)cc1F)C(=O)O. The zero-order valence-corrected chi connectivity index (χ0v) is 10.2. The molecule has 0 saturated carbocycles. The average molecular weight is 254 g/mol. The number of anilines is 1. The lowest BCUT2D eigenvalue weighted by molar-refractivity contribution is -0.146. The van der Waals surface area contributed by atoms with E-state index in [1.54, 1.807) is 0 Å². The van der Waals surface area contributed by atoms with E-state index in [2.05, 4.69) is 5.32 Å². The zero-order chi connectivity index (χ0) is 13.9. The summed E-state index contributed by atoms with van der Waals surface area (Å²) in [7, 11) is 0. The van der Waals surface area contributed by atoms with E-state index in [0.29, 0.717) is 0 Å². The molecule has 0 aliphatic carbocycles. The van der Waals surface area contributed by atoms with Crippen LogP contribution in [0.3, 0.4) is 0 Å². The third-order valence-corrected chi connectivity index (χ3v) is 2.51. The molecule has 18 heavy (non-hydrogen) atoms. The number of aliphatic carboxylic acids is 1. The largest absolute Gasteiger partial charge is 0.481 e. The minimum Gasteiger partial charge on any atom is -0.481 e. The molecule has 5 nitrogen and oxygen atoms in total. The predicted octanol–water partition coefficient (Wildman–Crippen LogP) is 1.25. The summed E-state index contributed by atoms with van der Waals surface area (Å²) in [5.74, 6) is -2.44. The maximum absolute atomic E-state index is 13.4. The van der Waals surface area contributed by atoms with Crippen molar-refractivity contribution < 1.29 is 19.1 Å². The van der Waals surface area contributed by atoms with Crippen molar-refractivity contribution in [1.82, 2.24) is 5.32 Å². The quantitative estimate of drug-likeness (QED) is 0.705. The maximum Gasteiger partial charge on any atom is 0.310 e. The first-order valence-corrected chi connectivity index (χ1v) is 5.30. The summed E-state index contributed by atoms with van der Waals surface area (Å²) >= 11 is 0. The zero-order valence-electron chi connectivity index (χ0n) is 10.2. The van der Waals surface area contributed by atoms with Crippen molar-refractivity contribution in [1.29, 1.82) is 0 Å². The Morgan fingerprint density at radius 1 is 1.44 bits per heavy atom. The minimum absolute atomic E-state index is 0.0923. The first-order chi connectivity index (χ1) is 8.24. The van der Waals surface area contributed by atoms with Gasteiger partial charge in [-0.3, -0.25) is 9.59 Å². The van der Waals surface area contributed by atoms with Gasteiger partial charge in [0.2, 0.25) is 0 Å². The van der Waals surface area contributed by atoms with Crippen LogP contribution >= 0.6 is 0 Å². The minimum atomic E-state index is -1.11. The van der Waals surface area contributed by atoms with Gasteiger partial charge < -0.3 is 16.2 Å². The molecule has 0 spiro atoms. The highest BCUT2D eigenvalue weighted by Crippen LogP contribution is 2.15. The monoisotopic (exact) mass is 254 g/mol. The van der Waals surface area contributed by atoms with Crippen molar-refractivity contribution in [3.63, 3.8) is 0 Å². The molecule has 0 bridgehead atoms. The van der Waals surface area contributed by atoms with Crippen molar-refractivity contribution in [3.8, 4) is 0 Å². The molecule has 0 heterocycles. The summed E-state index contributed by atoms with van der Waals surface area (Å²) in [5.41, 5.74) is 4.31. The number of nitrogens with two attached hydrogens (primary N) is 1. The Morgan fingerprint density at radius 3 is 2.56 bits per heavy atom. The van der Waals surface area contributed by atoms with Crippen LogP contribution < -0.4 is 11.1 Å². The molecule has 0 fully saturated rings. The van der Waals surface area contributed by atoms with Gasteiger partial charge in [0.15, 0.2) is 0 Å². The van der Waals surface area contributed by atoms with Crippen LogP contribution in [0.15, 0.2) is 18.2 Å². The number of carboxylic acid groups (broad SMARTS) is 1. The van der Waals surface area contributed by atoms with Crippen molar-refractivity contribution in [2.45, 2.75) is 13.8 Å². The second kappa shape index (κ2) is 5.03. The summed E-state index contributed by atoms with van der Waals surface area (Å²) in [6.07, 6.45) is 0. The van der Waals surface area contributed by atoms with Crippen LogP contribution in [0.25, 0.3) is 0 Å². The van der Waals surface area contributed by atoms with E-state index < -0.39 is 23.1 Å². The molecule has 0 aliphatic heterocycles. The van der Waals surface area contributed by atoms with Crippen LogP contribution in [0.2, 0.25) is 0 Å². The van der Waals surface area contributed by atoms with Gasteiger partial charge in [-0.05, 0) is 32.0 Å². The average Bonchev–Trinajstić information content (AvgIpc) is 2.25. The van der Waals surface area contributed by atoms with E-state index in [1.165, 1.54) is 26.0 Å². The van der Waals surface area contributed by atoms with Gasteiger partial charge in [0.05, 0.1) is 11.0 Å². The number of rotatable bonds is 4. The molecule has 0 aromatic heterocycles. The summed E-state index contributed by atoms with van der Waals surface area (Å²) < 4.78 is 13.4. The van der Waals surface area contributed by atoms with Gasteiger partial charge in [-0.2, -0.15) is 0 Å². The molecule has 0 unspecified atom stereocenters. The molecule has 1 aromatic rings. The van der Waals surface area contributed by atoms with Crippen LogP contribution in [0.1, 0.15) is 24.2 Å². The Bertz CT molecular complexity index is 486. The molecule has 6 heteroatoms. The number of nitrogens with one attached hydrogen (secondary N) is 1. The first-order valence-electron chi connectivity index (χ1n) is 5.30. The maximum atomic E-state index is 13.4. The van der Waals surface area contributed by atoms with E-state index in [4.69, 9.17) is 10.8 Å². The molecular weight excluding hydrogens is 239 g/mol. The Hall–Kier alpha value is -2.11. The normalized spacial score (nSPS) is 11.1. The fourth-order valence-corrected chi connectivity index (χ4v) is 1.19. The van der Waals surface area contributed by atoms with Crippen molar-refractivity contribution in [3.05, 3.63) is 29.6 Å². The summed E-state index contributed by atoms with van der Waals surface area (Å²) in [6, 6.07) is 3.70. The van der Waals surface area contributed by atoms with Gasteiger partial charge in [-0.15, -0.1) is 0 Å².